The van der Waals surface area contributed by atoms with E-state index in [0.29, 0.717) is 10.8 Å². The van der Waals surface area contributed by atoms with E-state index in [1.807, 2.05) is 0 Å². The first-order chi connectivity index (χ1) is 6.27. The monoisotopic (exact) mass is 197 g/mol. The van der Waals surface area contributed by atoms with Crippen molar-refractivity contribution in [2.75, 3.05) is 0 Å². The maximum atomic E-state index is 10.3. The minimum Gasteiger partial charge on any atom is -0.358 e. The highest BCUT2D eigenvalue weighted by Gasteiger charge is 2.16. The molecule has 13 heavy (non-hydrogen) atoms. The molecule has 0 unspecified atom stereocenters. The summed E-state index contributed by atoms with van der Waals surface area (Å²) in [6.45, 7) is 0. The van der Waals surface area contributed by atoms with Gasteiger partial charge >= 0.3 is 5.82 Å². The fourth-order valence-electron chi connectivity index (χ4n) is 0.791. The van der Waals surface area contributed by atoms with Crippen LogP contribution in [-0.2, 0) is 0 Å². The second-order valence-corrected chi connectivity index (χ2v) is 2.94. The maximum Gasteiger partial charge on any atom is 0.382 e. The summed E-state index contributed by atoms with van der Waals surface area (Å²) in [6, 6.07) is 0. The van der Waals surface area contributed by atoms with Gasteiger partial charge in [0.2, 0.25) is 5.01 Å². The van der Waals surface area contributed by atoms with Crippen molar-refractivity contribution >= 4 is 17.2 Å². The number of nitrogens with one attached hydrogen (secondary N) is 1. The van der Waals surface area contributed by atoms with Crippen LogP contribution in [0.25, 0.3) is 10.8 Å². The molecule has 0 bridgehead atoms. The summed E-state index contributed by atoms with van der Waals surface area (Å²) >= 11 is 1.26. The van der Waals surface area contributed by atoms with Crippen molar-refractivity contribution < 1.29 is 4.92 Å². The zero-order valence-electron chi connectivity index (χ0n) is 6.17. The molecular formula is C5H3N5O2S. The van der Waals surface area contributed by atoms with Crippen LogP contribution in [0.4, 0.5) is 5.82 Å². The van der Waals surface area contributed by atoms with E-state index in [-0.39, 0.29) is 5.82 Å². The number of imidazole rings is 1. The van der Waals surface area contributed by atoms with Gasteiger partial charge in [0.05, 0.1) is 0 Å². The zero-order chi connectivity index (χ0) is 9.26. The average Bonchev–Trinajstić information content (AvgIpc) is 2.75. The Morgan fingerprint density at radius 2 is 2.46 bits per heavy atom. The SMILES string of the molecule is O=[N+]([O-])c1c[nH]c(-c2nncs2)n1. The first-order valence-corrected chi connectivity index (χ1v) is 4.11. The summed E-state index contributed by atoms with van der Waals surface area (Å²) < 4.78 is 0. The highest BCUT2D eigenvalue weighted by atomic mass is 32.1. The topological polar surface area (TPSA) is 97.6 Å². The Labute approximate surface area is 75.6 Å². The van der Waals surface area contributed by atoms with Gasteiger partial charge in [0.25, 0.3) is 5.82 Å². The number of nitro groups is 1. The third kappa shape index (κ3) is 1.38. The molecule has 2 heterocycles. The minimum atomic E-state index is -0.568. The molecule has 1 N–H and O–H groups in total. The predicted molar refractivity (Wildman–Crippen MR) is 44.1 cm³/mol. The smallest absolute Gasteiger partial charge is 0.358 e. The van der Waals surface area contributed by atoms with E-state index < -0.39 is 4.92 Å². The van der Waals surface area contributed by atoms with Crippen LogP contribution in [-0.4, -0.2) is 25.1 Å². The van der Waals surface area contributed by atoms with E-state index in [1.165, 1.54) is 23.0 Å². The number of nitrogens with zero attached hydrogens (tertiary/aromatic N) is 4. The van der Waals surface area contributed by atoms with Gasteiger partial charge in [-0.25, -0.2) is 0 Å². The number of H-pyrrole nitrogens is 1. The van der Waals surface area contributed by atoms with E-state index in [0.717, 1.165) is 0 Å². The molecule has 0 radical (unpaired) electrons. The van der Waals surface area contributed by atoms with E-state index in [1.54, 1.807) is 0 Å². The Morgan fingerprint density at radius 3 is 3.00 bits per heavy atom. The maximum absolute atomic E-state index is 10.3. The van der Waals surface area contributed by atoms with Crippen LogP contribution < -0.4 is 0 Å². The Hall–Kier alpha value is -1.83. The molecule has 7 nitrogen and oxygen atoms in total. The number of hydrogen-bond donors (Lipinski definition) is 1. The summed E-state index contributed by atoms with van der Waals surface area (Å²) in [5.74, 6) is 0.152. The molecule has 2 rings (SSSR count). The second kappa shape index (κ2) is 2.90. The van der Waals surface area contributed by atoms with Crippen LogP contribution in [0.15, 0.2) is 11.7 Å². The molecule has 0 amide bonds. The van der Waals surface area contributed by atoms with E-state index in [4.69, 9.17) is 0 Å². The Balaban J connectivity index is 2.39. The van der Waals surface area contributed by atoms with Gasteiger partial charge in [0, 0.05) is 0 Å². The second-order valence-electron chi connectivity index (χ2n) is 2.11. The van der Waals surface area contributed by atoms with Gasteiger partial charge in [0.1, 0.15) is 11.7 Å². The summed E-state index contributed by atoms with van der Waals surface area (Å²) in [5.41, 5.74) is 1.53. The van der Waals surface area contributed by atoms with Crippen LogP contribution in [0.1, 0.15) is 0 Å². The van der Waals surface area contributed by atoms with Gasteiger partial charge in [-0.1, -0.05) is 11.3 Å². The predicted octanol–water partition coefficient (Wildman–Crippen LogP) is 0.836. The molecule has 0 aromatic carbocycles. The molecule has 0 aliphatic carbocycles. The summed E-state index contributed by atoms with van der Waals surface area (Å²) in [7, 11) is 0. The number of aromatic amines is 1. The number of rotatable bonds is 2. The lowest BCUT2D eigenvalue weighted by atomic mass is 10.7. The lowest BCUT2D eigenvalue weighted by molar-refractivity contribution is -0.389. The third-order valence-corrected chi connectivity index (χ3v) is 2.01. The normalized spacial score (nSPS) is 10.2. The highest BCUT2D eigenvalue weighted by Crippen LogP contribution is 2.18. The molecule has 0 saturated heterocycles. The van der Waals surface area contributed by atoms with Crippen LogP contribution in [0.3, 0.4) is 0 Å². The molecule has 0 spiro atoms. The van der Waals surface area contributed by atoms with Crippen molar-refractivity contribution in [3.8, 4) is 10.8 Å². The van der Waals surface area contributed by atoms with Crippen molar-refractivity contribution in [3.63, 3.8) is 0 Å². The van der Waals surface area contributed by atoms with Gasteiger partial charge < -0.3 is 15.1 Å². The Morgan fingerprint density at radius 1 is 1.62 bits per heavy atom. The van der Waals surface area contributed by atoms with Gasteiger partial charge in [-0.3, -0.25) is 0 Å². The number of aromatic nitrogens is 4. The zero-order valence-corrected chi connectivity index (χ0v) is 6.98. The van der Waals surface area contributed by atoms with Crippen molar-refractivity contribution in [2.45, 2.75) is 0 Å². The molecule has 8 heteroatoms. The first kappa shape index (κ1) is 7.80. The van der Waals surface area contributed by atoms with Gasteiger partial charge in [-0.05, 0) is 9.91 Å². The van der Waals surface area contributed by atoms with Crippen molar-refractivity contribution in [2.24, 2.45) is 0 Å². The van der Waals surface area contributed by atoms with Crippen molar-refractivity contribution in [1.82, 2.24) is 20.2 Å². The summed E-state index contributed by atoms with van der Waals surface area (Å²) in [6.07, 6.45) is 1.22. The van der Waals surface area contributed by atoms with Gasteiger partial charge in [-0.2, -0.15) is 0 Å². The lowest BCUT2D eigenvalue weighted by Crippen LogP contribution is -1.87. The fraction of sp³-hybridized carbons (Fsp3) is 0. The fourth-order valence-corrected chi connectivity index (χ4v) is 1.30. The molecule has 0 aliphatic heterocycles. The minimum absolute atomic E-state index is 0.217. The van der Waals surface area contributed by atoms with E-state index in [9.17, 15) is 10.1 Å². The quantitative estimate of drug-likeness (QED) is 0.568. The largest absolute Gasteiger partial charge is 0.382 e. The molecular weight excluding hydrogens is 194 g/mol. The van der Waals surface area contributed by atoms with Crippen molar-refractivity contribution in [1.29, 1.82) is 0 Å². The Kier molecular flexibility index (Phi) is 1.74. The standard InChI is InChI=1S/C5H3N5O2S/c11-10(12)3-1-6-4(8-3)5-9-7-2-13-5/h1-2H,(H,6,8). The molecule has 0 atom stereocenters. The van der Waals surface area contributed by atoms with E-state index >= 15 is 0 Å². The van der Waals surface area contributed by atoms with Crippen molar-refractivity contribution in [3.05, 3.63) is 21.8 Å². The van der Waals surface area contributed by atoms with Crippen LogP contribution >= 0.6 is 11.3 Å². The summed E-state index contributed by atoms with van der Waals surface area (Å²) in [5, 5.41) is 18.1. The molecule has 0 fully saturated rings. The molecule has 2 aromatic rings. The molecule has 0 aliphatic rings. The molecule has 66 valence electrons. The van der Waals surface area contributed by atoms with Gasteiger partial charge in [-0.15, -0.1) is 10.2 Å². The molecule has 0 saturated carbocycles. The lowest BCUT2D eigenvalue weighted by Gasteiger charge is -1.81. The number of hydrogen-bond acceptors (Lipinski definition) is 6. The van der Waals surface area contributed by atoms with E-state index in [2.05, 4.69) is 20.2 Å². The first-order valence-electron chi connectivity index (χ1n) is 3.23. The average molecular weight is 197 g/mol. The van der Waals surface area contributed by atoms with Crippen LogP contribution in [0.2, 0.25) is 0 Å². The summed E-state index contributed by atoms with van der Waals surface area (Å²) in [4.78, 5) is 16.1. The third-order valence-electron chi connectivity index (χ3n) is 1.31. The Bertz CT molecular complexity index is 422. The molecule has 2 aromatic heterocycles. The van der Waals surface area contributed by atoms with Crippen LogP contribution in [0, 0.1) is 10.1 Å². The van der Waals surface area contributed by atoms with Crippen LogP contribution in [0.5, 0.6) is 0 Å². The van der Waals surface area contributed by atoms with Gasteiger partial charge in [0.15, 0.2) is 0 Å². The highest BCUT2D eigenvalue weighted by molar-refractivity contribution is 7.12.